The van der Waals surface area contributed by atoms with Crippen LogP contribution in [0.5, 0.6) is 0 Å². The first-order valence-corrected chi connectivity index (χ1v) is 13.0. The van der Waals surface area contributed by atoms with Crippen molar-refractivity contribution in [1.82, 2.24) is 0 Å². The summed E-state index contributed by atoms with van der Waals surface area (Å²) in [6, 6.07) is 0. The maximum Gasteiger partial charge on any atom is 0.312 e. The monoisotopic (exact) mass is 568 g/mol. The Hall–Kier alpha value is -2.84. The molecule has 0 unspecified atom stereocenters. The molecule has 2 aliphatic heterocycles. The number of rotatable bonds is 5. The quantitative estimate of drug-likeness (QED) is 0.216. The van der Waals surface area contributed by atoms with Gasteiger partial charge >= 0.3 is 23.9 Å². The van der Waals surface area contributed by atoms with Crippen LogP contribution in [0.1, 0.15) is 34.6 Å². The number of carbonyl (C=O) groups excluding carboxylic acids is 4. The van der Waals surface area contributed by atoms with Crippen LogP contribution in [0.4, 0.5) is 0 Å². The van der Waals surface area contributed by atoms with E-state index in [1.165, 1.54) is 39.2 Å². The Morgan fingerprint density at radius 1 is 1.05 bits per heavy atom. The molecule has 0 aromatic rings. The summed E-state index contributed by atoms with van der Waals surface area (Å²) >= 11 is 0. The highest BCUT2D eigenvalue weighted by Gasteiger charge is 2.79. The summed E-state index contributed by atoms with van der Waals surface area (Å²) in [6.07, 6.45) is -4.81. The fourth-order valence-electron chi connectivity index (χ4n) is 6.60. The third-order valence-corrected chi connectivity index (χ3v) is 8.60. The van der Waals surface area contributed by atoms with E-state index in [4.69, 9.17) is 28.4 Å². The molecule has 2 saturated heterocycles. The van der Waals surface area contributed by atoms with Crippen molar-refractivity contribution < 1.29 is 62.9 Å². The molecule has 3 fully saturated rings. The van der Waals surface area contributed by atoms with Crippen LogP contribution in [0.2, 0.25) is 0 Å². The minimum absolute atomic E-state index is 0.00936. The molecule has 3 N–H and O–H groups in total. The van der Waals surface area contributed by atoms with E-state index in [1.807, 2.05) is 0 Å². The molecule has 0 amide bonds. The number of carbonyl (C=O) groups is 4. The zero-order valence-corrected chi connectivity index (χ0v) is 23.2. The molecule has 4 aliphatic rings. The molecule has 40 heavy (non-hydrogen) atoms. The lowest BCUT2D eigenvalue weighted by Gasteiger charge is -2.58. The van der Waals surface area contributed by atoms with Gasteiger partial charge in [-0.05, 0) is 24.6 Å². The molecule has 1 saturated carbocycles. The minimum atomic E-state index is -2.24. The average molecular weight is 569 g/mol. The van der Waals surface area contributed by atoms with Crippen LogP contribution in [0.25, 0.3) is 0 Å². The number of aliphatic hydroxyl groups is 3. The van der Waals surface area contributed by atoms with Gasteiger partial charge in [-0.3, -0.25) is 19.2 Å². The lowest BCUT2D eigenvalue weighted by molar-refractivity contribution is -0.273. The molecule has 11 atom stereocenters. The van der Waals surface area contributed by atoms with Crippen molar-refractivity contribution in [3.05, 3.63) is 23.8 Å². The number of hydrogen-bond acceptors (Lipinski definition) is 13. The number of ether oxygens (including phenoxy) is 6. The van der Waals surface area contributed by atoms with Crippen molar-refractivity contribution >= 4 is 23.9 Å². The molecule has 0 radical (unpaired) electrons. The highest BCUT2D eigenvalue weighted by Crippen LogP contribution is 2.61. The van der Waals surface area contributed by atoms with Gasteiger partial charge in [-0.25, -0.2) is 0 Å². The van der Waals surface area contributed by atoms with Gasteiger partial charge in [0, 0.05) is 39.2 Å². The lowest BCUT2D eigenvalue weighted by atomic mass is 9.51. The normalized spacial score (nSPS) is 46.1. The SMILES string of the molecule is COCC1=C/[C@@H]2OC(=O)[C@H](C)[C@]2(O)[C@@H](OC(C)=O)[C@H]2[C@@]3(CO3)[C@H](O)[C@H](OC(C)=O)[C@H](O)[C@]2(C)[C@@H](OC(C)=O)/C=C\1. The molecule has 0 aromatic carbocycles. The highest BCUT2D eigenvalue weighted by atomic mass is 16.6. The minimum Gasteiger partial charge on any atom is -0.459 e. The van der Waals surface area contributed by atoms with Crippen LogP contribution in [-0.4, -0.2) is 107 Å². The van der Waals surface area contributed by atoms with Crippen LogP contribution in [0.15, 0.2) is 23.8 Å². The van der Waals surface area contributed by atoms with Gasteiger partial charge in [-0.1, -0.05) is 13.0 Å². The van der Waals surface area contributed by atoms with Gasteiger partial charge < -0.3 is 43.7 Å². The second-order valence-electron chi connectivity index (χ2n) is 11.1. The van der Waals surface area contributed by atoms with Gasteiger partial charge in [-0.2, -0.15) is 0 Å². The Morgan fingerprint density at radius 2 is 1.65 bits per heavy atom. The first kappa shape index (κ1) is 30.1. The van der Waals surface area contributed by atoms with Crippen LogP contribution in [0.3, 0.4) is 0 Å². The Bertz CT molecular complexity index is 1130. The second kappa shape index (κ2) is 10.5. The number of hydrogen-bond donors (Lipinski definition) is 3. The largest absolute Gasteiger partial charge is 0.459 e. The van der Waals surface area contributed by atoms with Gasteiger partial charge in [0.15, 0.2) is 17.8 Å². The molecule has 4 rings (SSSR count). The molecule has 0 bridgehead atoms. The smallest absolute Gasteiger partial charge is 0.312 e. The van der Waals surface area contributed by atoms with E-state index in [1.54, 1.807) is 0 Å². The van der Waals surface area contributed by atoms with Crippen molar-refractivity contribution in [2.75, 3.05) is 20.3 Å². The van der Waals surface area contributed by atoms with Gasteiger partial charge in [0.25, 0.3) is 0 Å². The van der Waals surface area contributed by atoms with Crippen LogP contribution >= 0.6 is 0 Å². The Balaban J connectivity index is 2.06. The van der Waals surface area contributed by atoms with E-state index < -0.39 is 89.0 Å². The molecule has 2 heterocycles. The summed E-state index contributed by atoms with van der Waals surface area (Å²) in [6.45, 7) is 6.10. The van der Waals surface area contributed by atoms with Gasteiger partial charge in [0.2, 0.25) is 0 Å². The molecular formula is C27H36O13. The predicted molar refractivity (Wildman–Crippen MR) is 132 cm³/mol. The fourth-order valence-corrected chi connectivity index (χ4v) is 6.60. The Labute approximate surface area is 231 Å². The molecular weight excluding hydrogens is 532 g/mol. The number of epoxide rings is 1. The lowest BCUT2D eigenvalue weighted by Crippen LogP contribution is -2.75. The average Bonchev–Trinajstić information content (AvgIpc) is 3.62. The molecule has 0 aromatic heterocycles. The topological polar surface area (TPSA) is 188 Å². The number of esters is 4. The summed E-state index contributed by atoms with van der Waals surface area (Å²) in [5.74, 6) is -5.73. The molecule has 13 nitrogen and oxygen atoms in total. The van der Waals surface area contributed by atoms with E-state index in [9.17, 15) is 34.5 Å². The first-order chi connectivity index (χ1) is 18.6. The fraction of sp³-hybridized carbons (Fsp3) is 0.704. The van der Waals surface area contributed by atoms with Crippen molar-refractivity contribution in [3.63, 3.8) is 0 Å². The van der Waals surface area contributed by atoms with E-state index in [-0.39, 0.29) is 13.2 Å². The Morgan fingerprint density at radius 3 is 2.17 bits per heavy atom. The predicted octanol–water partition coefficient (Wildman–Crippen LogP) is -0.656. The van der Waals surface area contributed by atoms with Crippen LogP contribution < -0.4 is 0 Å². The van der Waals surface area contributed by atoms with E-state index in [0.29, 0.717) is 5.57 Å². The molecule has 1 spiro atoms. The van der Waals surface area contributed by atoms with Gasteiger partial charge in [-0.15, -0.1) is 0 Å². The molecule has 222 valence electrons. The molecule has 2 aliphatic carbocycles. The number of methoxy groups -OCH3 is 1. The van der Waals surface area contributed by atoms with E-state index in [2.05, 4.69) is 0 Å². The first-order valence-electron chi connectivity index (χ1n) is 13.0. The number of fused-ring (bicyclic) bond motifs is 3. The highest BCUT2D eigenvalue weighted by molar-refractivity contribution is 5.78. The third-order valence-electron chi connectivity index (χ3n) is 8.60. The van der Waals surface area contributed by atoms with Crippen LogP contribution in [0, 0.1) is 17.3 Å². The van der Waals surface area contributed by atoms with Gasteiger partial charge in [0.05, 0.1) is 19.1 Å². The van der Waals surface area contributed by atoms with Crippen molar-refractivity contribution in [2.45, 2.75) is 82.4 Å². The Kier molecular flexibility index (Phi) is 7.93. The van der Waals surface area contributed by atoms with Crippen molar-refractivity contribution in [1.29, 1.82) is 0 Å². The van der Waals surface area contributed by atoms with Crippen molar-refractivity contribution in [3.8, 4) is 0 Å². The summed E-state index contributed by atoms with van der Waals surface area (Å²) in [4.78, 5) is 49.8. The second-order valence-corrected chi connectivity index (χ2v) is 11.1. The van der Waals surface area contributed by atoms with E-state index >= 15 is 0 Å². The maximum atomic E-state index is 12.9. The zero-order valence-electron chi connectivity index (χ0n) is 23.2. The zero-order chi connectivity index (χ0) is 29.8. The maximum absolute atomic E-state index is 12.9. The summed E-state index contributed by atoms with van der Waals surface area (Å²) in [7, 11) is 1.43. The summed E-state index contributed by atoms with van der Waals surface area (Å²) < 4.78 is 33.5. The van der Waals surface area contributed by atoms with Crippen molar-refractivity contribution in [2.24, 2.45) is 17.3 Å². The summed E-state index contributed by atoms with van der Waals surface area (Å²) in [5.41, 5.74) is -5.23. The van der Waals surface area contributed by atoms with Crippen LogP contribution in [-0.2, 0) is 47.6 Å². The molecule has 13 heteroatoms. The third kappa shape index (κ3) is 4.63. The van der Waals surface area contributed by atoms with Gasteiger partial charge in [0.1, 0.15) is 30.0 Å². The standard InChI is InChI=1S/C27H36O13/c1-12-24(33)40-18-9-16(10-35-6)7-8-17(37-13(2)28)25(5)20(23(27(12,18)34)39-15(4)30)26(11-36-26)22(32)19(21(25)31)38-14(3)29/h7-9,12,17-23,31-32,34H,10-11H2,1-6H3/b8-7-,16-9+/t12-,17-,18-,19+,20+,21-,22+,23-,25+,26-,27+/m0/s1. The summed E-state index contributed by atoms with van der Waals surface area (Å²) in [5, 5.41) is 35.7. The number of aliphatic hydroxyl groups excluding tert-OH is 2. The van der Waals surface area contributed by atoms with E-state index in [0.717, 1.165) is 20.8 Å².